The largest absolute Gasteiger partial charge is 0.298 e. The topological polar surface area (TPSA) is 42.0 Å². The van der Waals surface area contributed by atoms with Crippen LogP contribution < -0.4 is 5.32 Å². The molecule has 1 amide bonds. The number of anilines is 1. The van der Waals surface area contributed by atoms with E-state index in [9.17, 15) is 4.79 Å². The third-order valence-corrected chi connectivity index (χ3v) is 4.84. The molecule has 0 atom stereocenters. The molecule has 3 aromatic rings. The van der Waals surface area contributed by atoms with Crippen LogP contribution in [-0.2, 0) is 4.79 Å². The molecule has 0 aliphatic heterocycles. The Kier molecular flexibility index (Phi) is 5.10. The number of carbonyl (C=O) groups excluding carboxylic acids is 1. The molecule has 0 aliphatic carbocycles. The number of carbonyl (C=O) groups is 1. The molecule has 0 fully saturated rings. The fourth-order valence-electron chi connectivity index (χ4n) is 2.57. The molecule has 0 aliphatic rings. The van der Waals surface area contributed by atoms with Gasteiger partial charge in [-0.15, -0.1) is 11.3 Å². The first-order valence-electron chi connectivity index (χ1n) is 8.11. The Hall–Kier alpha value is -2.72. The van der Waals surface area contributed by atoms with Gasteiger partial charge in [-0.25, -0.2) is 4.98 Å². The van der Waals surface area contributed by atoms with Gasteiger partial charge < -0.3 is 0 Å². The number of nitrogens with one attached hydrogen (secondary N) is 1. The molecule has 1 heterocycles. The minimum atomic E-state index is -0.179. The Morgan fingerprint density at radius 1 is 1.04 bits per heavy atom. The number of aromatic nitrogens is 1. The maximum atomic E-state index is 12.1. The van der Waals surface area contributed by atoms with Gasteiger partial charge in [-0.05, 0) is 55.2 Å². The number of hydrogen-bond donors (Lipinski definition) is 1. The highest BCUT2D eigenvalue weighted by atomic mass is 32.1. The average Bonchev–Trinajstić information content (AvgIpc) is 3.05. The highest BCUT2D eigenvalue weighted by molar-refractivity contribution is 7.14. The number of aryl methyl sites for hydroxylation is 3. The normalized spacial score (nSPS) is 11.0. The van der Waals surface area contributed by atoms with E-state index in [0.29, 0.717) is 5.13 Å². The molecule has 2 aromatic carbocycles. The van der Waals surface area contributed by atoms with Gasteiger partial charge in [0, 0.05) is 17.0 Å². The maximum absolute atomic E-state index is 12.1. The van der Waals surface area contributed by atoms with E-state index in [0.717, 1.165) is 16.8 Å². The number of amides is 1. The van der Waals surface area contributed by atoms with Gasteiger partial charge in [-0.3, -0.25) is 10.1 Å². The minimum Gasteiger partial charge on any atom is -0.298 e. The number of nitrogens with zero attached hydrogens (tertiary/aromatic N) is 1. The van der Waals surface area contributed by atoms with Crippen LogP contribution in [0, 0.1) is 20.8 Å². The standard InChI is InChI=1S/C21H20N2OS/c1-14-11-16(3)18(12-15(14)2)19-13-25-21(22-19)23-20(24)10-9-17-7-5-4-6-8-17/h4-13H,1-3H3,(H,22,23,24). The van der Waals surface area contributed by atoms with E-state index in [4.69, 9.17) is 0 Å². The zero-order valence-electron chi connectivity index (χ0n) is 14.5. The van der Waals surface area contributed by atoms with Crippen molar-refractivity contribution in [2.45, 2.75) is 20.8 Å². The SMILES string of the molecule is Cc1cc(C)c(-c2csc(NC(=O)C=Cc3ccccc3)n2)cc1C. The average molecular weight is 348 g/mol. The van der Waals surface area contributed by atoms with Crippen molar-refractivity contribution in [3.8, 4) is 11.3 Å². The van der Waals surface area contributed by atoms with Gasteiger partial charge >= 0.3 is 0 Å². The van der Waals surface area contributed by atoms with Gasteiger partial charge in [-0.2, -0.15) is 0 Å². The molecule has 4 heteroatoms. The molecular formula is C21H20N2OS. The molecule has 3 nitrogen and oxygen atoms in total. The second-order valence-electron chi connectivity index (χ2n) is 6.02. The van der Waals surface area contributed by atoms with Crippen LogP contribution in [0.15, 0.2) is 53.9 Å². The quantitative estimate of drug-likeness (QED) is 0.643. The zero-order chi connectivity index (χ0) is 17.8. The van der Waals surface area contributed by atoms with E-state index in [1.807, 2.05) is 35.7 Å². The summed E-state index contributed by atoms with van der Waals surface area (Å²) in [6, 6.07) is 14.1. The van der Waals surface area contributed by atoms with E-state index in [1.165, 1.54) is 34.1 Å². The summed E-state index contributed by atoms with van der Waals surface area (Å²) < 4.78 is 0. The lowest BCUT2D eigenvalue weighted by atomic mass is 9.99. The predicted molar refractivity (Wildman–Crippen MR) is 106 cm³/mol. The van der Waals surface area contributed by atoms with Crippen LogP contribution in [0.25, 0.3) is 17.3 Å². The van der Waals surface area contributed by atoms with Crippen molar-refractivity contribution in [3.05, 3.63) is 76.2 Å². The second kappa shape index (κ2) is 7.45. The Morgan fingerprint density at radius 2 is 1.76 bits per heavy atom. The Morgan fingerprint density at radius 3 is 2.52 bits per heavy atom. The smallest absolute Gasteiger partial charge is 0.250 e. The monoisotopic (exact) mass is 348 g/mol. The summed E-state index contributed by atoms with van der Waals surface area (Å²) in [4.78, 5) is 16.6. The summed E-state index contributed by atoms with van der Waals surface area (Å²) in [6.45, 7) is 6.29. The lowest BCUT2D eigenvalue weighted by Gasteiger charge is -2.07. The highest BCUT2D eigenvalue weighted by Gasteiger charge is 2.10. The molecule has 0 radical (unpaired) electrons. The summed E-state index contributed by atoms with van der Waals surface area (Å²) in [5.74, 6) is -0.179. The predicted octanol–water partition coefficient (Wildman–Crippen LogP) is 5.39. The minimum absolute atomic E-state index is 0.179. The Labute approximate surface area is 152 Å². The Bertz CT molecular complexity index is 926. The van der Waals surface area contributed by atoms with Crippen molar-refractivity contribution in [3.63, 3.8) is 0 Å². The van der Waals surface area contributed by atoms with Crippen molar-refractivity contribution in [1.29, 1.82) is 0 Å². The van der Waals surface area contributed by atoms with Crippen molar-refractivity contribution in [2.24, 2.45) is 0 Å². The first-order chi connectivity index (χ1) is 12.0. The third-order valence-electron chi connectivity index (χ3n) is 4.08. The summed E-state index contributed by atoms with van der Waals surface area (Å²) >= 11 is 1.44. The number of rotatable bonds is 4. The van der Waals surface area contributed by atoms with E-state index >= 15 is 0 Å². The molecule has 0 bridgehead atoms. The van der Waals surface area contributed by atoms with Crippen LogP contribution in [0.3, 0.4) is 0 Å². The van der Waals surface area contributed by atoms with Gasteiger partial charge in [0.1, 0.15) is 0 Å². The number of hydrogen-bond acceptors (Lipinski definition) is 3. The fourth-order valence-corrected chi connectivity index (χ4v) is 3.29. The summed E-state index contributed by atoms with van der Waals surface area (Å²) in [5, 5.41) is 5.42. The highest BCUT2D eigenvalue weighted by Crippen LogP contribution is 2.29. The fraction of sp³-hybridized carbons (Fsp3) is 0.143. The molecule has 126 valence electrons. The molecule has 0 spiro atoms. The van der Waals surface area contributed by atoms with Gasteiger partial charge in [0.25, 0.3) is 0 Å². The lowest BCUT2D eigenvalue weighted by molar-refractivity contribution is -0.111. The number of thiazole rings is 1. The van der Waals surface area contributed by atoms with E-state index < -0.39 is 0 Å². The van der Waals surface area contributed by atoms with Crippen LogP contribution in [0.4, 0.5) is 5.13 Å². The van der Waals surface area contributed by atoms with Gasteiger partial charge in [0.15, 0.2) is 5.13 Å². The second-order valence-corrected chi connectivity index (χ2v) is 6.88. The molecule has 3 rings (SSSR count). The van der Waals surface area contributed by atoms with E-state index in [-0.39, 0.29) is 5.91 Å². The molecule has 25 heavy (non-hydrogen) atoms. The summed E-state index contributed by atoms with van der Waals surface area (Å²) in [7, 11) is 0. The first-order valence-corrected chi connectivity index (χ1v) is 8.99. The van der Waals surface area contributed by atoms with Gasteiger partial charge in [-0.1, -0.05) is 36.4 Å². The van der Waals surface area contributed by atoms with Crippen molar-refractivity contribution >= 4 is 28.5 Å². The van der Waals surface area contributed by atoms with Crippen molar-refractivity contribution < 1.29 is 4.79 Å². The van der Waals surface area contributed by atoms with Crippen LogP contribution in [0.2, 0.25) is 0 Å². The van der Waals surface area contributed by atoms with Crippen LogP contribution in [-0.4, -0.2) is 10.9 Å². The van der Waals surface area contributed by atoms with Gasteiger partial charge in [0.2, 0.25) is 5.91 Å². The molecular weight excluding hydrogens is 328 g/mol. The molecule has 1 aromatic heterocycles. The van der Waals surface area contributed by atoms with E-state index in [1.54, 1.807) is 6.08 Å². The van der Waals surface area contributed by atoms with Gasteiger partial charge in [0.05, 0.1) is 5.69 Å². The van der Waals surface area contributed by atoms with E-state index in [2.05, 4.69) is 43.2 Å². The molecule has 0 unspecified atom stereocenters. The molecule has 0 saturated carbocycles. The van der Waals surface area contributed by atoms with Crippen molar-refractivity contribution in [1.82, 2.24) is 4.98 Å². The summed E-state index contributed by atoms with van der Waals surface area (Å²) in [5.41, 5.74) is 6.70. The van der Waals surface area contributed by atoms with Crippen LogP contribution >= 0.6 is 11.3 Å². The molecule has 1 N–H and O–H groups in total. The zero-order valence-corrected chi connectivity index (χ0v) is 15.4. The number of benzene rings is 2. The first kappa shape index (κ1) is 17.1. The third kappa shape index (κ3) is 4.22. The van der Waals surface area contributed by atoms with Crippen LogP contribution in [0.1, 0.15) is 22.3 Å². The maximum Gasteiger partial charge on any atom is 0.250 e. The lowest BCUT2D eigenvalue weighted by Crippen LogP contribution is -2.07. The Balaban J connectivity index is 1.73. The van der Waals surface area contributed by atoms with Crippen LogP contribution in [0.5, 0.6) is 0 Å². The molecule has 0 saturated heterocycles. The van der Waals surface area contributed by atoms with Crippen molar-refractivity contribution in [2.75, 3.05) is 5.32 Å². The summed E-state index contributed by atoms with van der Waals surface area (Å²) in [6.07, 6.45) is 3.31.